The standard InChI is InChI=1S/C11H18BNO4/c1-10(2,14)11(3,17-12(15)16)8-9-4-6-13-7-5-9/h4-7,14-16H,8H2,1-3H3. The Morgan fingerprint density at radius 1 is 1.24 bits per heavy atom. The topological polar surface area (TPSA) is 82.8 Å². The molecule has 0 fully saturated rings. The highest BCUT2D eigenvalue weighted by molar-refractivity contribution is 6.32. The molecule has 94 valence electrons. The number of pyridine rings is 1. The Labute approximate surface area is 101 Å². The van der Waals surface area contributed by atoms with E-state index in [9.17, 15) is 5.11 Å². The molecule has 0 spiro atoms. The lowest BCUT2D eigenvalue weighted by Gasteiger charge is -2.40. The summed E-state index contributed by atoms with van der Waals surface area (Å²) in [6.07, 6.45) is 3.61. The van der Waals surface area contributed by atoms with Crippen LogP contribution in [0.1, 0.15) is 26.3 Å². The second-order valence-corrected chi connectivity index (χ2v) is 4.77. The second-order valence-electron chi connectivity index (χ2n) is 4.77. The summed E-state index contributed by atoms with van der Waals surface area (Å²) in [5, 5.41) is 28.0. The van der Waals surface area contributed by atoms with Gasteiger partial charge >= 0.3 is 7.32 Å². The molecule has 1 aromatic heterocycles. The Morgan fingerprint density at radius 3 is 2.18 bits per heavy atom. The maximum absolute atomic E-state index is 10.1. The summed E-state index contributed by atoms with van der Waals surface area (Å²) in [5.74, 6) is 0. The summed E-state index contributed by atoms with van der Waals surface area (Å²) < 4.78 is 5.05. The molecule has 0 saturated heterocycles. The first-order valence-electron chi connectivity index (χ1n) is 5.40. The quantitative estimate of drug-likeness (QED) is 0.636. The molecule has 1 heterocycles. The lowest BCUT2D eigenvalue weighted by Crippen LogP contribution is -2.54. The van der Waals surface area contributed by atoms with E-state index >= 15 is 0 Å². The van der Waals surface area contributed by atoms with Crippen LogP contribution < -0.4 is 0 Å². The average Bonchev–Trinajstić information content (AvgIpc) is 2.15. The summed E-state index contributed by atoms with van der Waals surface area (Å²) >= 11 is 0. The van der Waals surface area contributed by atoms with Gasteiger partial charge in [-0.25, -0.2) is 0 Å². The second kappa shape index (κ2) is 5.14. The van der Waals surface area contributed by atoms with Gasteiger partial charge in [-0.15, -0.1) is 0 Å². The van der Waals surface area contributed by atoms with Crippen LogP contribution >= 0.6 is 0 Å². The highest BCUT2D eigenvalue weighted by atomic mass is 16.6. The minimum Gasteiger partial charge on any atom is -0.402 e. The molecule has 0 aromatic carbocycles. The largest absolute Gasteiger partial charge is 0.634 e. The Hall–Kier alpha value is -0.945. The molecule has 0 radical (unpaired) electrons. The molecule has 1 aromatic rings. The Balaban J connectivity index is 2.92. The van der Waals surface area contributed by atoms with Gasteiger partial charge in [0, 0.05) is 18.8 Å². The van der Waals surface area contributed by atoms with Crippen LogP contribution in [0.25, 0.3) is 0 Å². The fourth-order valence-corrected chi connectivity index (χ4v) is 1.52. The van der Waals surface area contributed by atoms with Gasteiger partial charge in [0.25, 0.3) is 0 Å². The molecule has 0 aliphatic rings. The van der Waals surface area contributed by atoms with Crippen molar-refractivity contribution < 1.29 is 19.8 Å². The van der Waals surface area contributed by atoms with Crippen LogP contribution in [0.4, 0.5) is 0 Å². The fraction of sp³-hybridized carbons (Fsp3) is 0.545. The van der Waals surface area contributed by atoms with Gasteiger partial charge in [-0.1, -0.05) is 0 Å². The summed E-state index contributed by atoms with van der Waals surface area (Å²) in [6.45, 7) is 4.76. The molecule has 3 N–H and O–H groups in total. The number of hydrogen-bond donors (Lipinski definition) is 3. The van der Waals surface area contributed by atoms with Gasteiger partial charge in [-0.05, 0) is 38.5 Å². The maximum atomic E-state index is 10.1. The predicted molar refractivity (Wildman–Crippen MR) is 63.9 cm³/mol. The van der Waals surface area contributed by atoms with Gasteiger partial charge in [-0.3, -0.25) is 4.98 Å². The van der Waals surface area contributed by atoms with E-state index in [-0.39, 0.29) is 0 Å². The molecule has 0 amide bonds. The van der Waals surface area contributed by atoms with E-state index in [0.29, 0.717) is 6.42 Å². The molecule has 6 heteroatoms. The smallest absolute Gasteiger partial charge is 0.402 e. The molecule has 0 aliphatic heterocycles. The molecule has 1 rings (SSSR count). The van der Waals surface area contributed by atoms with Crippen molar-refractivity contribution in [2.75, 3.05) is 0 Å². The summed E-state index contributed by atoms with van der Waals surface area (Å²) in [7, 11) is -1.92. The lowest BCUT2D eigenvalue weighted by atomic mass is 9.81. The van der Waals surface area contributed by atoms with E-state index in [1.165, 1.54) is 0 Å². The number of nitrogens with zero attached hydrogens (tertiary/aromatic N) is 1. The van der Waals surface area contributed by atoms with Crippen LogP contribution in [0.3, 0.4) is 0 Å². The molecule has 0 saturated carbocycles. The van der Waals surface area contributed by atoms with Crippen molar-refractivity contribution in [1.29, 1.82) is 0 Å². The first kappa shape index (κ1) is 14.1. The van der Waals surface area contributed by atoms with Crippen molar-refractivity contribution in [2.45, 2.75) is 38.4 Å². The normalized spacial score (nSPS) is 15.4. The third-order valence-corrected chi connectivity index (χ3v) is 2.95. The molecule has 1 unspecified atom stereocenters. The van der Waals surface area contributed by atoms with Crippen molar-refractivity contribution in [2.24, 2.45) is 0 Å². The third-order valence-electron chi connectivity index (χ3n) is 2.95. The monoisotopic (exact) mass is 239 g/mol. The van der Waals surface area contributed by atoms with Gasteiger partial charge < -0.3 is 19.8 Å². The van der Waals surface area contributed by atoms with Crippen LogP contribution in [0.2, 0.25) is 0 Å². The van der Waals surface area contributed by atoms with Gasteiger partial charge in [-0.2, -0.15) is 0 Å². The van der Waals surface area contributed by atoms with Crippen LogP contribution in [-0.4, -0.2) is 38.7 Å². The Morgan fingerprint density at radius 2 is 1.76 bits per heavy atom. The number of rotatable bonds is 5. The van der Waals surface area contributed by atoms with Crippen LogP contribution in [0.5, 0.6) is 0 Å². The first-order valence-corrected chi connectivity index (χ1v) is 5.40. The first-order chi connectivity index (χ1) is 7.74. The molecule has 1 atom stereocenters. The molecule has 17 heavy (non-hydrogen) atoms. The minimum atomic E-state index is -1.92. The highest BCUT2D eigenvalue weighted by Crippen LogP contribution is 2.29. The molecule has 0 aliphatic carbocycles. The van der Waals surface area contributed by atoms with Crippen LogP contribution in [0.15, 0.2) is 24.5 Å². The van der Waals surface area contributed by atoms with E-state index in [1.807, 2.05) is 0 Å². The van der Waals surface area contributed by atoms with E-state index in [2.05, 4.69) is 4.98 Å². The lowest BCUT2D eigenvalue weighted by molar-refractivity contribution is -0.119. The zero-order valence-electron chi connectivity index (χ0n) is 10.3. The zero-order valence-corrected chi connectivity index (χ0v) is 10.3. The molecule has 5 nitrogen and oxygen atoms in total. The van der Waals surface area contributed by atoms with Gasteiger partial charge in [0.05, 0.1) is 11.2 Å². The molecular weight excluding hydrogens is 221 g/mol. The van der Waals surface area contributed by atoms with E-state index in [4.69, 9.17) is 14.7 Å². The third kappa shape index (κ3) is 3.78. The molecular formula is C11H18BNO4. The Kier molecular flexibility index (Phi) is 4.27. The maximum Gasteiger partial charge on any atom is 0.634 e. The van der Waals surface area contributed by atoms with Crippen molar-refractivity contribution in [3.8, 4) is 0 Å². The summed E-state index contributed by atoms with van der Waals surface area (Å²) in [6, 6.07) is 3.58. The number of hydrogen-bond acceptors (Lipinski definition) is 5. The van der Waals surface area contributed by atoms with Crippen molar-refractivity contribution in [3.63, 3.8) is 0 Å². The van der Waals surface area contributed by atoms with Crippen molar-refractivity contribution >= 4 is 7.32 Å². The zero-order chi connectivity index (χ0) is 13.1. The fourth-order valence-electron chi connectivity index (χ4n) is 1.52. The van der Waals surface area contributed by atoms with E-state index < -0.39 is 18.5 Å². The van der Waals surface area contributed by atoms with E-state index in [1.54, 1.807) is 45.3 Å². The van der Waals surface area contributed by atoms with Gasteiger partial charge in [0.15, 0.2) is 0 Å². The minimum absolute atomic E-state index is 0.344. The van der Waals surface area contributed by atoms with E-state index in [0.717, 1.165) is 5.56 Å². The summed E-state index contributed by atoms with van der Waals surface area (Å²) in [5.41, 5.74) is -1.44. The van der Waals surface area contributed by atoms with Crippen LogP contribution in [0, 0.1) is 0 Å². The van der Waals surface area contributed by atoms with Crippen molar-refractivity contribution in [1.82, 2.24) is 4.98 Å². The van der Waals surface area contributed by atoms with Gasteiger partial charge in [0.1, 0.15) is 0 Å². The van der Waals surface area contributed by atoms with Gasteiger partial charge in [0.2, 0.25) is 0 Å². The molecule has 0 bridgehead atoms. The number of aromatic nitrogens is 1. The Bertz CT molecular complexity index is 352. The summed E-state index contributed by atoms with van der Waals surface area (Å²) in [4.78, 5) is 3.90. The van der Waals surface area contributed by atoms with Crippen molar-refractivity contribution in [3.05, 3.63) is 30.1 Å². The average molecular weight is 239 g/mol. The highest BCUT2D eigenvalue weighted by Gasteiger charge is 2.43. The predicted octanol–water partition coefficient (Wildman–Crippen LogP) is 0.140. The SMILES string of the molecule is CC(C)(O)C(C)(Cc1ccncc1)OB(O)O. The van der Waals surface area contributed by atoms with Crippen LogP contribution in [-0.2, 0) is 11.1 Å². The number of aliphatic hydroxyl groups is 1.